The minimum atomic E-state index is 0.451. The summed E-state index contributed by atoms with van der Waals surface area (Å²) in [6, 6.07) is 0. The fourth-order valence-electron chi connectivity index (χ4n) is 3.69. The molecule has 2 heteroatoms. The molecule has 0 bridgehead atoms. The zero-order chi connectivity index (χ0) is 13.0. The lowest BCUT2D eigenvalue weighted by atomic mass is 9.78. The van der Waals surface area contributed by atoms with Gasteiger partial charge < -0.3 is 10.5 Å². The van der Waals surface area contributed by atoms with Crippen LogP contribution < -0.4 is 5.73 Å². The van der Waals surface area contributed by atoms with E-state index in [0.29, 0.717) is 18.1 Å². The van der Waals surface area contributed by atoms with E-state index in [9.17, 15) is 0 Å². The maximum Gasteiger partial charge on any atom is 0.0621 e. The Kier molecular flexibility index (Phi) is 5.50. The number of hydrogen-bond acceptors (Lipinski definition) is 2. The van der Waals surface area contributed by atoms with Crippen molar-refractivity contribution in [1.82, 2.24) is 0 Å². The highest BCUT2D eigenvalue weighted by Gasteiger charge is 2.32. The predicted molar refractivity (Wildman–Crippen MR) is 76.5 cm³/mol. The predicted octanol–water partition coefficient (Wildman–Crippen LogP) is 3.74. The second-order valence-corrected chi connectivity index (χ2v) is 6.64. The van der Waals surface area contributed by atoms with E-state index in [1.807, 2.05) is 0 Å². The first-order chi connectivity index (χ1) is 8.72. The molecular weight excluding hydrogens is 222 g/mol. The van der Waals surface area contributed by atoms with E-state index in [-0.39, 0.29) is 0 Å². The summed E-state index contributed by atoms with van der Waals surface area (Å²) in [5.74, 6) is 2.40. The van der Waals surface area contributed by atoms with Crippen molar-refractivity contribution < 1.29 is 4.74 Å². The first-order valence-electron chi connectivity index (χ1n) is 8.08. The van der Waals surface area contributed by atoms with Gasteiger partial charge in [0.15, 0.2) is 0 Å². The van der Waals surface area contributed by atoms with E-state index >= 15 is 0 Å². The molecule has 0 aromatic carbocycles. The Hall–Kier alpha value is -0.0800. The molecule has 0 heterocycles. The largest absolute Gasteiger partial charge is 0.375 e. The van der Waals surface area contributed by atoms with Crippen molar-refractivity contribution in [3.63, 3.8) is 0 Å². The molecule has 2 saturated carbocycles. The van der Waals surface area contributed by atoms with Crippen molar-refractivity contribution in [2.75, 3.05) is 6.54 Å². The molecule has 2 N–H and O–H groups in total. The molecule has 3 atom stereocenters. The van der Waals surface area contributed by atoms with Crippen LogP contribution in [0.5, 0.6) is 0 Å². The average Bonchev–Trinajstić information content (AvgIpc) is 2.41. The van der Waals surface area contributed by atoms with Gasteiger partial charge in [0, 0.05) is 0 Å². The van der Waals surface area contributed by atoms with Crippen molar-refractivity contribution in [1.29, 1.82) is 0 Å². The van der Waals surface area contributed by atoms with Crippen molar-refractivity contribution in [3.8, 4) is 0 Å². The molecule has 3 unspecified atom stereocenters. The summed E-state index contributed by atoms with van der Waals surface area (Å²) in [5, 5.41) is 0. The van der Waals surface area contributed by atoms with Crippen molar-refractivity contribution in [2.45, 2.75) is 77.4 Å². The first kappa shape index (κ1) is 14.3. The summed E-state index contributed by atoms with van der Waals surface area (Å²) in [6.07, 6.45) is 11.4. The number of ether oxygens (including phenoxy) is 1. The zero-order valence-corrected chi connectivity index (χ0v) is 12.2. The first-order valence-corrected chi connectivity index (χ1v) is 8.08. The van der Waals surface area contributed by atoms with Crippen molar-refractivity contribution in [2.24, 2.45) is 23.5 Å². The molecule has 0 amide bonds. The highest BCUT2D eigenvalue weighted by Crippen LogP contribution is 2.35. The normalized spacial score (nSPS) is 41.8. The molecule has 2 rings (SSSR count). The van der Waals surface area contributed by atoms with Gasteiger partial charge in [-0.1, -0.05) is 20.3 Å². The molecule has 106 valence electrons. The van der Waals surface area contributed by atoms with Gasteiger partial charge in [-0.3, -0.25) is 0 Å². The van der Waals surface area contributed by atoms with Gasteiger partial charge in [-0.2, -0.15) is 0 Å². The number of nitrogens with two attached hydrogens (primary N) is 1. The third-order valence-electron chi connectivity index (χ3n) is 5.25. The van der Waals surface area contributed by atoms with Crippen molar-refractivity contribution in [3.05, 3.63) is 0 Å². The van der Waals surface area contributed by atoms with Gasteiger partial charge in [0.05, 0.1) is 12.2 Å². The van der Waals surface area contributed by atoms with E-state index in [1.54, 1.807) is 0 Å². The maximum atomic E-state index is 6.44. The second kappa shape index (κ2) is 6.91. The fraction of sp³-hybridized carbons (Fsp3) is 1.00. The Bertz CT molecular complexity index is 235. The molecule has 0 aromatic rings. The highest BCUT2D eigenvalue weighted by atomic mass is 16.5. The highest BCUT2D eigenvalue weighted by molar-refractivity contribution is 4.83. The van der Waals surface area contributed by atoms with Crippen LogP contribution in [0, 0.1) is 17.8 Å². The maximum absolute atomic E-state index is 6.44. The topological polar surface area (TPSA) is 35.2 Å². The lowest BCUT2D eigenvalue weighted by Gasteiger charge is -2.38. The quantitative estimate of drug-likeness (QED) is 0.828. The van der Waals surface area contributed by atoms with Gasteiger partial charge in [-0.15, -0.1) is 0 Å². The Morgan fingerprint density at radius 3 is 2.39 bits per heavy atom. The fourth-order valence-corrected chi connectivity index (χ4v) is 3.69. The minimum Gasteiger partial charge on any atom is -0.375 e. The minimum absolute atomic E-state index is 0.451. The van der Waals surface area contributed by atoms with Gasteiger partial charge >= 0.3 is 0 Å². The SMILES string of the molecule is CCC1CCC(CN)C(OC2CCC(C)CC2)C1. The summed E-state index contributed by atoms with van der Waals surface area (Å²) < 4.78 is 6.44. The lowest BCUT2D eigenvalue weighted by Crippen LogP contribution is -2.39. The molecule has 0 aliphatic heterocycles. The van der Waals surface area contributed by atoms with Crippen LogP contribution in [0.4, 0.5) is 0 Å². The number of rotatable bonds is 4. The summed E-state index contributed by atoms with van der Waals surface area (Å²) in [7, 11) is 0. The zero-order valence-electron chi connectivity index (χ0n) is 12.2. The summed E-state index contributed by atoms with van der Waals surface area (Å²) in [5.41, 5.74) is 5.93. The summed E-state index contributed by atoms with van der Waals surface area (Å²) in [4.78, 5) is 0. The molecule has 0 saturated heterocycles. The smallest absolute Gasteiger partial charge is 0.0621 e. The van der Waals surface area contributed by atoms with Crippen molar-refractivity contribution >= 4 is 0 Å². The summed E-state index contributed by atoms with van der Waals surface area (Å²) >= 11 is 0. The molecule has 18 heavy (non-hydrogen) atoms. The summed E-state index contributed by atoms with van der Waals surface area (Å²) in [6.45, 7) is 5.49. The third kappa shape index (κ3) is 3.71. The Balaban J connectivity index is 1.84. The van der Waals surface area contributed by atoms with E-state index in [4.69, 9.17) is 10.5 Å². The van der Waals surface area contributed by atoms with E-state index in [0.717, 1.165) is 18.4 Å². The molecule has 2 nitrogen and oxygen atoms in total. The average molecular weight is 253 g/mol. The number of hydrogen-bond donors (Lipinski definition) is 1. The van der Waals surface area contributed by atoms with Gasteiger partial charge in [0.1, 0.15) is 0 Å². The standard InChI is InChI=1S/C16H31NO/c1-3-13-6-7-14(11-17)16(10-13)18-15-8-4-12(2)5-9-15/h12-16H,3-11,17H2,1-2H3. The van der Waals surface area contributed by atoms with Crippen LogP contribution >= 0.6 is 0 Å². The van der Waals surface area contributed by atoms with Gasteiger partial charge in [-0.25, -0.2) is 0 Å². The lowest BCUT2D eigenvalue weighted by molar-refractivity contribution is -0.0839. The molecule has 2 aliphatic carbocycles. The Morgan fingerprint density at radius 1 is 1.06 bits per heavy atom. The van der Waals surface area contributed by atoms with E-state index in [1.165, 1.54) is 51.4 Å². The van der Waals surface area contributed by atoms with Gasteiger partial charge in [0.25, 0.3) is 0 Å². The van der Waals surface area contributed by atoms with Crippen LogP contribution in [0.1, 0.15) is 65.2 Å². The van der Waals surface area contributed by atoms with Crippen LogP contribution in [0.15, 0.2) is 0 Å². The molecule has 0 radical (unpaired) electrons. The monoisotopic (exact) mass is 253 g/mol. The van der Waals surface area contributed by atoms with Crippen LogP contribution in [0.25, 0.3) is 0 Å². The third-order valence-corrected chi connectivity index (χ3v) is 5.25. The molecule has 0 aromatic heterocycles. The van der Waals surface area contributed by atoms with E-state index < -0.39 is 0 Å². The van der Waals surface area contributed by atoms with Crippen LogP contribution in [-0.4, -0.2) is 18.8 Å². The van der Waals surface area contributed by atoms with Crippen LogP contribution in [0.2, 0.25) is 0 Å². The molecule has 0 spiro atoms. The Labute approximate surface area is 113 Å². The molecular formula is C16H31NO. The second-order valence-electron chi connectivity index (χ2n) is 6.64. The van der Waals surface area contributed by atoms with E-state index in [2.05, 4.69) is 13.8 Å². The molecule has 2 fully saturated rings. The van der Waals surface area contributed by atoms with Crippen LogP contribution in [-0.2, 0) is 4.74 Å². The van der Waals surface area contributed by atoms with Gasteiger partial charge in [0.2, 0.25) is 0 Å². The van der Waals surface area contributed by atoms with Gasteiger partial charge in [-0.05, 0) is 69.2 Å². The Morgan fingerprint density at radius 2 is 1.78 bits per heavy atom. The van der Waals surface area contributed by atoms with Crippen LogP contribution in [0.3, 0.4) is 0 Å². The molecule has 2 aliphatic rings.